The maximum atomic E-state index is 7.81. The van der Waals surface area contributed by atoms with Gasteiger partial charge in [0.2, 0.25) is 5.95 Å². The molecular formula is C30H37N9. The highest BCUT2D eigenvalue weighted by Crippen LogP contribution is 2.32. The van der Waals surface area contributed by atoms with Gasteiger partial charge in [-0.05, 0) is 88.9 Å². The van der Waals surface area contributed by atoms with E-state index in [-0.39, 0.29) is 5.54 Å². The van der Waals surface area contributed by atoms with Gasteiger partial charge in [0.1, 0.15) is 5.69 Å². The summed E-state index contributed by atoms with van der Waals surface area (Å²) < 4.78 is 1.92. The van der Waals surface area contributed by atoms with E-state index in [1.54, 1.807) is 12.4 Å². The summed E-state index contributed by atoms with van der Waals surface area (Å²) in [5.41, 5.74) is 5.66. The molecule has 4 aromatic rings. The second-order valence-electron chi connectivity index (χ2n) is 10.7. The minimum atomic E-state index is -0.0613. The SMILES string of the molecule is CCn1cc(-c2ccnc(Nc3ccc(N4CCC(C(C)(C)NC(C)=N)CC4)cc3)n2)c(-c2cccnc2)n1. The van der Waals surface area contributed by atoms with Crippen LogP contribution in [0.15, 0.2) is 67.3 Å². The van der Waals surface area contributed by atoms with Crippen molar-refractivity contribution < 1.29 is 0 Å². The van der Waals surface area contributed by atoms with Crippen molar-refractivity contribution >= 4 is 23.2 Å². The Bertz CT molecular complexity index is 1400. The molecule has 1 aromatic carbocycles. The van der Waals surface area contributed by atoms with Gasteiger partial charge in [0, 0.05) is 72.5 Å². The summed E-state index contributed by atoms with van der Waals surface area (Å²) >= 11 is 0. The van der Waals surface area contributed by atoms with Crippen LogP contribution in [0.25, 0.3) is 22.5 Å². The van der Waals surface area contributed by atoms with Crippen molar-refractivity contribution in [2.24, 2.45) is 5.92 Å². The lowest BCUT2D eigenvalue weighted by Crippen LogP contribution is -2.51. The fourth-order valence-corrected chi connectivity index (χ4v) is 5.39. The Morgan fingerprint density at radius 3 is 2.51 bits per heavy atom. The number of hydrogen-bond acceptors (Lipinski definition) is 7. The van der Waals surface area contributed by atoms with Gasteiger partial charge >= 0.3 is 0 Å². The van der Waals surface area contributed by atoms with Gasteiger partial charge in [0.15, 0.2) is 0 Å². The minimum Gasteiger partial charge on any atom is -0.372 e. The van der Waals surface area contributed by atoms with E-state index in [0.29, 0.717) is 17.7 Å². The lowest BCUT2D eigenvalue weighted by atomic mass is 9.80. The number of amidine groups is 1. The molecule has 0 bridgehead atoms. The molecule has 3 N–H and O–H groups in total. The zero-order valence-corrected chi connectivity index (χ0v) is 23.1. The number of aromatic nitrogens is 5. The molecular weight excluding hydrogens is 486 g/mol. The zero-order chi connectivity index (χ0) is 27.4. The Labute approximate surface area is 230 Å². The number of nitrogens with zero attached hydrogens (tertiary/aromatic N) is 6. The molecule has 1 saturated heterocycles. The lowest BCUT2D eigenvalue weighted by Gasteiger charge is -2.42. The van der Waals surface area contributed by atoms with Gasteiger partial charge in [-0.2, -0.15) is 5.10 Å². The minimum absolute atomic E-state index is 0.0613. The van der Waals surface area contributed by atoms with Crippen molar-refractivity contribution in [1.82, 2.24) is 30.0 Å². The number of hydrogen-bond donors (Lipinski definition) is 3. The van der Waals surface area contributed by atoms with E-state index in [4.69, 9.17) is 15.5 Å². The Kier molecular flexibility index (Phi) is 7.58. The predicted octanol–water partition coefficient (Wildman–Crippen LogP) is 5.75. The first kappa shape index (κ1) is 26.3. The molecule has 1 aliphatic rings. The maximum Gasteiger partial charge on any atom is 0.227 e. The van der Waals surface area contributed by atoms with E-state index in [1.165, 1.54) is 5.69 Å². The zero-order valence-electron chi connectivity index (χ0n) is 23.1. The monoisotopic (exact) mass is 523 g/mol. The van der Waals surface area contributed by atoms with Crippen LogP contribution in [-0.4, -0.2) is 49.2 Å². The van der Waals surface area contributed by atoms with Crippen molar-refractivity contribution in [1.29, 1.82) is 5.41 Å². The molecule has 1 fully saturated rings. The van der Waals surface area contributed by atoms with Gasteiger partial charge in [-0.3, -0.25) is 15.1 Å². The molecule has 4 heterocycles. The molecule has 0 aliphatic carbocycles. The van der Waals surface area contributed by atoms with E-state index >= 15 is 0 Å². The van der Waals surface area contributed by atoms with Crippen LogP contribution in [0.2, 0.25) is 0 Å². The van der Waals surface area contributed by atoms with Crippen LogP contribution >= 0.6 is 0 Å². The highest BCUT2D eigenvalue weighted by molar-refractivity contribution is 5.79. The normalized spacial score (nSPS) is 14.3. The first-order valence-electron chi connectivity index (χ1n) is 13.6. The first-order valence-corrected chi connectivity index (χ1v) is 13.6. The van der Waals surface area contributed by atoms with E-state index in [2.05, 4.69) is 70.5 Å². The van der Waals surface area contributed by atoms with Crippen molar-refractivity contribution in [3.63, 3.8) is 0 Å². The third-order valence-corrected chi connectivity index (χ3v) is 7.47. The third kappa shape index (κ3) is 6.08. The molecule has 9 nitrogen and oxygen atoms in total. The van der Waals surface area contributed by atoms with E-state index in [1.807, 2.05) is 42.2 Å². The van der Waals surface area contributed by atoms with Crippen LogP contribution in [0.1, 0.15) is 40.5 Å². The number of pyridine rings is 1. The number of rotatable bonds is 8. The average Bonchev–Trinajstić information content (AvgIpc) is 3.38. The average molecular weight is 524 g/mol. The van der Waals surface area contributed by atoms with Crippen molar-refractivity contribution in [2.45, 2.75) is 52.6 Å². The summed E-state index contributed by atoms with van der Waals surface area (Å²) in [4.78, 5) is 16.0. The Morgan fingerprint density at radius 1 is 1.08 bits per heavy atom. The van der Waals surface area contributed by atoms with Gasteiger partial charge in [0.05, 0.1) is 11.5 Å². The van der Waals surface area contributed by atoms with Gasteiger partial charge in [-0.1, -0.05) is 0 Å². The molecule has 9 heteroatoms. The number of piperidine rings is 1. The van der Waals surface area contributed by atoms with E-state index in [9.17, 15) is 0 Å². The number of nitrogens with one attached hydrogen (secondary N) is 3. The van der Waals surface area contributed by atoms with Crippen molar-refractivity contribution in [3.8, 4) is 22.5 Å². The van der Waals surface area contributed by atoms with Gasteiger partial charge in [-0.25, -0.2) is 9.97 Å². The summed E-state index contributed by atoms with van der Waals surface area (Å²) in [6, 6.07) is 14.3. The molecule has 0 unspecified atom stereocenters. The predicted molar refractivity (Wildman–Crippen MR) is 157 cm³/mol. The molecule has 1 aliphatic heterocycles. The maximum absolute atomic E-state index is 7.81. The van der Waals surface area contributed by atoms with Crippen LogP contribution in [0.4, 0.5) is 17.3 Å². The third-order valence-electron chi connectivity index (χ3n) is 7.47. The summed E-state index contributed by atoms with van der Waals surface area (Å²) in [5.74, 6) is 1.62. The fraction of sp³-hybridized carbons (Fsp3) is 0.367. The Hall–Kier alpha value is -4.27. The molecule has 0 saturated carbocycles. The summed E-state index contributed by atoms with van der Waals surface area (Å²) in [6.07, 6.45) is 9.59. The highest BCUT2D eigenvalue weighted by Gasteiger charge is 2.32. The molecule has 0 radical (unpaired) electrons. The van der Waals surface area contributed by atoms with E-state index < -0.39 is 0 Å². The lowest BCUT2D eigenvalue weighted by molar-refractivity contribution is 0.240. The van der Waals surface area contributed by atoms with Crippen LogP contribution in [0.3, 0.4) is 0 Å². The fourth-order valence-electron chi connectivity index (χ4n) is 5.39. The summed E-state index contributed by atoms with van der Waals surface area (Å²) in [7, 11) is 0. The van der Waals surface area contributed by atoms with Gasteiger partial charge in [0.25, 0.3) is 0 Å². The van der Waals surface area contributed by atoms with Crippen molar-refractivity contribution in [2.75, 3.05) is 23.3 Å². The smallest absolute Gasteiger partial charge is 0.227 e. The molecule has 39 heavy (non-hydrogen) atoms. The molecule has 202 valence electrons. The largest absolute Gasteiger partial charge is 0.372 e. The highest BCUT2D eigenvalue weighted by atomic mass is 15.3. The Balaban J connectivity index is 1.27. The molecule has 0 spiro atoms. The van der Waals surface area contributed by atoms with Crippen molar-refractivity contribution in [3.05, 3.63) is 67.3 Å². The van der Waals surface area contributed by atoms with Crippen LogP contribution in [0.5, 0.6) is 0 Å². The standard InChI is InChI=1S/C30H37N9/c1-5-39-20-26(28(37-39)22-7-6-15-32-19-22)27-12-16-33-29(35-27)34-24-8-10-25(11-9-24)38-17-13-23(14-18-38)30(3,4)36-21(2)31/h6-12,15-16,19-20,23H,5,13-14,17-18H2,1-4H3,(H2,31,36)(H,33,34,35). The van der Waals surface area contributed by atoms with Crippen LogP contribution < -0.4 is 15.5 Å². The second kappa shape index (κ2) is 11.2. The Morgan fingerprint density at radius 2 is 1.85 bits per heavy atom. The summed E-state index contributed by atoms with van der Waals surface area (Å²) in [5, 5.41) is 19.3. The number of anilines is 3. The van der Waals surface area contributed by atoms with Gasteiger partial charge < -0.3 is 15.5 Å². The molecule has 3 aromatic heterocycles. The summed E-state index contributed by atoms with van der Waals surface area (Å²) in [6.45, 7) is 11.1. The second-order valence-corrected chi connectivity index (χ2v) is 10.7. The van der Waals surface area contributed by atoms with Gasteiger partial charge in [-0.15, -0.1) is 0 Å². The first-order chi connectivity index (χ1) is 18.8. The van der Waals surface area contributed by atoms with Crippen LogP contribution in [0, 0.1) is 11.3 Å². The quantitative estimate of drug-likeness (QED) is 0.199. The van der Waals surface area contributed by atoms with Crippen LogP contribution in [-0.2, 0) is 6.54 Å². The topological polar surface area (TPSA) is 108 Å². The molecule has 5 rings (SSSR count). The molecule has 0 atom stereocenters. The van der Waals surface area contributed by atoms with E-state index in [0.717, 1.165) is 60.7 Å². The number of aryl methyl sites for hydroxylation is 1. The number of benzene rings is 1. The molecule has 0 amide bonds.